The molecule has 7 nitrogen and oxygen atoms in total. The highest BCUT2D eigenvalue weighted by Crippen LogP contribution is 2.22. The van der Waals surface area contributed by atoms with Crippen molar-refractivity contribution in [1.29, 1.82) is 5.26 Å². The van der Waals surface area contributed by atoms with Gasteiger partial charge in [-0.2, -0.15) is 5.26 Å². The number of nitrogens with zero attached hydrogens (tertiary/aromatic N) is 2. The van der Waals surface area contributed by atoms with Gasteiger partial charge in [-0.1, -0.05) is 6.07 Å². The zero-order chi connectivity index (χ0) is 22.4. The first kappa shape index (κ1) is 22.3. The number of benzene rings is 1. The molecule has 1 fully saturated rings. The lowest BCUT2D eigenvalue weighted by atomic mass is 10.1. The molecule has 1 N–H and O–H groups in total. The van der Waals surface area contributed by atoms with Gasteiger partial charge >= 0.3 is 5.97 Å². The van der Waals surface area contributed by atoms with Crippen LogP contribution in [0.3, 0.4) is 0 Å². The summed E-state index contributed by atoms with van der Waals surface area (Å²) in [5.41, 5.74) is 3.60. The van der Waals surface area contributed by atoms with Crippen LogP contribution in [0.25, 0.3) is 6.08 Å². The van der Waals surface area contributed by atoms with Gasteiger partial charge in [0.05, 0.1) is 18.3 Å². The van der Waals surface area contributed by atoms with Gasteiger partial charge in [-0.05, 0) is 69.5 Å². The van der Waals surface area contributed by atoms with E-state index in [1.807, 2.05) is 26.0 Å². The molecule has 1 aromatic carbocycles. The van der Waals surface area contributed by atoms with Crippen molar-refractivity contribution in [2.45, 2.75) is 46.3 Å². The Morgan fingerprint density at radius 2 is 2.16 bits per heavy atom. The molecule has 0 bridgehead atoms. The molecule has 1 saturated heterocycles. The van der Waals surface area contributed by atoms with E-state index in [-0.39, 0.29) is 18.3 Å². The Kier molecular flexibility index (Phi) is 7.27. The fourth-order valence-corrected chi connectivity index (χ4v) is 3.69. The lowest BCUT2D eigenvalue weighted by molar-refractivity contribution is -0.112. The Hall–Kier alpha value is -3.37. The highest BCUT2D eigenvalue weighted by Gasteiger charge is 2.19. The topological polar surface area (TPSA) is 93.4 Å². The Labute approximate surface area is 182 Å². The van der Waals surface area contributed by atoms with Crippen molar-refractivity contribution in [2.75, 3.05) is 18.5 Å². The number of carbonyl (C=O) groups is 2. The number of nitrogens with one attached hydrogen (secondary N) is 1. The summed E-state index contributed by atoms with van der Waals surface area (Å²) in [6.45, 7) is 7.54. The normalized spacial score (nSPS) is 16.1. The maximum Gasteiger partial charge on any atom is 0.338 e. The monoisotopic (exact) mass is 421 g/mol. The number of amides is 1. The van der Waals surface area contributed by atoms with E-state index in [0.717, 1.165) is 42.9 Å². The second kappa shape index (κ2) is 10.1. The molecule has 0 saturated carbocycles. The van der Waals surface area contributed by atoms with Gasteiger partial charge in [0.25, 0.3) is 5.91 Å². The number of hydrogen-bond donors (Lipinski definition) is 1. The Morgan fingerprint density at radius 3 is 2.84 bits per heavy atom. The van der Waals surface area contributed by atoms with E-state index in [2.05, 4.69) is 9.88 Å². The molecule has 1 atom stereocenters. The van der Waals surface area contributed by atoms with Crippen molar-refractivity contribution in [3.8, 4) is 6.07 Å². The highest BCUT2D eigenvalue weighted by molar-refractivity contribution is 6.10. The van der Waals surface area contributed by atoms with Crippen molar-refractivity contribution >= 4 is 23.6 Å². The maximum absolute atomic E-state index is 12.7. The number of anilines is 1. The van der Waals surface area contributed by atoms with Crippen LogP contribution in [-0.4, -0.2) is 35.8 Å². The van der Waals surface area contributed by atoms with Crippen LogP contribution in [-0.2, 0) is 20.8 Å². The summed E-state index contributed by atoms with van der Waals surface area (Å²) in [7, 11) is 0. The summed E-state index contributed by atoms with van der Waals surface area (Å²) in [6.07, 6.45) is 3.91. The van der Waals surface area contributed by atoms with Gasteiger partial charge in [0, 0.05) is 30.2 Å². The summed E-state index contributed by atoms with van der Waals surface area (Å²) in [5, 5.41) is 12.3. The molecule has 1 aromatic heterocycles. The minimum Gasteiger partial charge on any atom is -0.462 e. The molecule has 2 aromatic rings. The third kappa shape index (κ3) is 5.41. The van der Waals surface area contributed by atoms with Gasteiger partial charge in [-0.25, -0.2) is 4.79 Å². The van der Waals surface area contributed by atoms with Crippen molar-refractivity contribution in [1.82, 2.24) is 4.57 Å². The van der Waals surface area contributed by atoms with Gasteiger partial charge in [0.1, 0.15) is 11.6 Å². The quantitative estimate of drug-likeness (QED) is 0.414. The van der Waals surface area contributed by atoms with Crippen LogP contribution in [0.15, 0.2) is 35.9 Å². The van der Waals surface area contributed by atoms with Crippen LogP contribution in [0.4, 0.5) is 5.69 Å². The second-order valence-corrected chi connectivity index (χ2v) is 7.50. The number of carbonyl (C=O) groups excluding carboxylic acids is 2. The molecule has 0 aliphatic carbocycles. The van der Waals surface area contributed by atoms with Crippen molar-refractivity contribution in [3.63, 3.8) is 0 Å². The molecule has 31 heavy (non-hydrogen) atoms. The fourth-order valence-electron chi connectivity index (χ4n) is 3.69. The van der Waals surface area contributed by atoms with Gasteiger partial charge in [-0.15, -0.1) is 0 Å². The summed E-state index contributed by atoms with van der Waals surface area (Å²) in [5.74, 6) is -0.999. The van der Waals surface area contributed by atoms with E-state index in [1.165, 1.54) is 6.07 Å². The van der Waals surface area contributed by atoms with E-state index >= 15 is 0 Å². The van der Waals surface area contributed by atoms with E-state index < -0.39 is 11.9 Å². The highest BCUT2D eigenvalue weighted by atomic mass is 16.5. The largest absolute Gasteiger partial charge is 0.462 e. The Morgan fingerprint density at radius 1 is 1.35 bits per heavy atom. The van der Waals surface area contributed by atoms with Crippen molar-refractivity contribution in [2.24, 2.45) is 0 Å². The summed E-state index contributed by atoms with van der Waals surface area (Å²) < 4.78 is 12.9. The molecule has 3 rings (SSSR count). The predicted octanol–water partition coefficient (Wildman–Crippen LogP) is 4.01. The van der Waals surface area contributed by atoms with E-state index in [9.17, 15) is 14.9 Å². The predicted molar refractivity (Wildman–Crippen MR) is 117 cm³/mol. The summed E-state index contributed by atoms with van der Waals surface area (Å²) >= 11 is 0. The van der Waals surface area contributed by atoms with Crippen LogP contribution in [0.2, 0.25) is 0 Å². The van der Waals surface area contributed by atoms with Gasteiger partial charge in [0.2, 0.25) is 0 Å². The molecule has 162 valence electrons. The molecule has 0 radical (unpaired) electrons. The molecule has 2 heterocycles. The first-order valence-corrected chi connectivity index (χ1v) is 10.4. The van der Waals surface area contributed by atoms with E-state index in [1.54, 1.807) is 31.2 Å². The van der Waals surface area contributed by atoms with Gasteiger partial charge in [-0.3, -0.25) is 4.79 Å². The first-order chi connectivity index (χ1) is 14.9. The molecule has 1 unspecified atom stereocenters. The molecule has 1 aliphatic heterocycles. The van der Waals surface area contributed by atoms with E-state index in [0.29, 0.717) is 11.3 Å². The molecule has 7 heteroatoms. The number of hydrogen-bond acceptors (Lipinski definition) is 5. The standard InChI is InChI=1S/C24H27N3O4/c1-4-30-24(29)18-7-5-8-21(13-18)26-23(28)20(14-25)12-19-11-16(2)27(17(19)3)15-22-9-6-10-31-22/h5,7-8,11-13,22H,4,6,9-10,15H2,1-3H3,(H,26,28)/b20-12+. The minimum atomic E-state index is -0.535. The smallest absolute Gasteiger partial charge is 0.338 e. The molecular weight excluding hydrogens is 394 g/mol. The zero-order valence-electron chi connectivity index (χ0n) is 18.1. The van der Waals surface area contributed by atoms with Gasteiger partial charge < -0.3 is 19.4 Å². The van der Waals surface area contributed by atoms with Crippen LogP contribution >= 0.6 is 0 Å². The average Bonchev–Trinajstić information content (AvgIpc) is 3.36. The molecular formula is C24H27N3O4. The average molecular weight is 421 g/mol. The lowest BCUT2D eigenvalue weighted by Gasteiger charge is -2.14. The molecule has 0 spiro atoms. The minimum absolute atomic E-state index is 0.0149. The summed E-state index contributed by atoms with van der Waals surface area (Å²) in [6, 6.07) is 10.4. The number of esters is 1. The van der Waals surface area contributed by atoms with Crippen LogP contribution in [0, 0.1) is 25.2 Å². The first-order valence-electron chi connectivity index (χ1n) is 10.4. The Bertz CT molecular complexity index is 1040. The SMILES string of the molecule is CCOC(=O)c1cccc(NC(=O)/C(C#N)=C/c2cc(C)n(CC3CCCO3)c2C)c1. The third-order valence-electron chi connectivity index (χ3n) is 5.32. The second-order valence-electron chi connectivity index (χ2n) is 7.50. The van der Waals surface area contributed by atoms with Crippen LogP contribution in [0.5, 0.6) is 0 Å². The summed E-state index contributed by atoms with van der Waals surface area (Å²) in [4.78, 5) is 24.6. The maximum atomic E-state index is 12.7. The van der Waals surface area contributed by atoms with E-state index in [4.69, 9.17) is 9.47 Å². The number of aromatic nitrogens is 1. The number of aryl methyl sites for hydroxylation is 1. The third-order valence-corrected chi connectivity index (χ3v) is 5.32. The number of nitriles is 1. The fraction of sp³-hybridized carbons (Fsp3) is 0.375. The van der Waals surface area contributed by atoms with Crippen molar-refractivity contribution in [3.05, 3.63) is 58.4 Å². The molecule has 1 amide bonds. The van der Waals surface area contributed by atoms with Gasteiger partial charge in [0.15, 0.2) is 0 Å². The van der Waals surface area contributed by atoms with Crippen molar-refractivity contribution < 1.29 is 19.1 Å². The number of rotatable bonds is 7. The van der Waals surface area contributed by atoms with Crippen LogP contribution in [0.1, 0.15) is 47.1 Å². The van der Waals surface area contributed by atoms with Crippen LogP contribution < -0.4 is 5.32 Å². The lowest BCUT2D eigenvalue weighted by Crippen LogP contribution is -2.17. The Balaban J connectivity index is 1.77. The number of ether oxygens (including phenoxy) is 2. The molecule has 1 aliphatic rings. The zero-order valence-corrected chi connectivity index (χ0v) is 18.1.